The highest BCUT2D eigenvalue weighted by molar-refractivity contribution is 5.07. The zero-order valence-corrected chi connectivity index (χ0v) is 8.09. The highest BCUT2D eigenvalue weighted by Crippen LogP contribution is 2.55. The zero-order chi connectivity index (χ0) is 8.72. The molecule has 0 bridgehead atoms. The fourth-order valence-corrected chi connectivity index (χ4v) is 2.60. The van der Waals surface area contributed by atoms with E-state index in [9.17, 15) is 0 Å². The van der Waals surface area contributed by atoms with Crippen molar-refractivity contribution in [3.63, 3.8) is 0 Å². The third-order valence-corrected chi connectivity index (χ3v) is 3.35. The van der Waals surface area contributed by atoms with Crippen molar-refractivity contribution < 1.29 is 0 Å². The molecule has 2 saturated carbocycles. The van der Waals surface area contributed by atoms with Crippen molar-refractivity contribution in [2.24, 2.45) is 23.5 Å². The van der Waals surface area contributed by atoms with Crippen molar-refractivity contribution in [1.29, 1.82) is 0 Å². The van der Waals surface area contributed by atoms with E-state index in [0.29, 0.717) is 6.04 Å². The van der Waals surface area contributed by atoms with Gasteiger partial charge in [-0.1, -0.05) is 11.6 Å². The molecule has 68 valence electrons. The lowest BCUT2D eigenvalue weighted by molar-refractivity contribution is 0.441. The Balaban J connectivity index is 1.88. The molecule has 0 spiro atoms. The van der Waals surface area contributed by atoms with Gasteiger partial charge in [0, 0.05) is 6.04 Å². The van der Waals surface area contributed by atoms with Gasteiger partial charge in [0.25, 0.3) is 0 Å². The minimum absolute atomic E-state index is 0.336. The quantitative estimate of drug-likeness (QED) is 0.624. The summed E-state index contributed by atoms with van der Waals surface area (Å²) in [5, 5.41) is 0. The minimum Gasteiger partial charge on any atom is -0.324 e. The van der Waals surface area contributed by atoms with Crippen LogP contribution in [0.3, 0.4) is 0 Å². The number of hydrogen-bond donors (Lipinski definition) is 1. The van der Waals surface area contributed by atoms with E-state index in [1.807, 2.05) is 0 Å². The Labute approximate surface area is 75.0 Å². The first-order chi connectivity index (χ1) is 5.66. The molecule has 2 N–H and O–H groups in total. The number of hydrogen-bond acceptors (Lipinski definition) is 1. The Morgan fingerprint density at radius 1 is 1.25 bits per heavy atom. The summed E-state index contributed by atoms with van der Waals surface area (Å²) in [6.45, 7) is 4.27. The minimum atomic E-state index is 0.336. The van der Waals surface area contributed by atoms with Gasteiger partial charge in [-0.2, -0.15) is 0 Å². The van der Waals surface area contributed by atoms with Crippen molar-refractivity contribution in [3.05, 3.63) is 11.6 Å². The molecule has 12 heavy (non-hydrogen) atoms. The van der Waals surface area contributed by atoms with Gasteiger partial charge in [-0.05, 0) is 50.9 Å². The predicted octanol–water partition coefficient (Wildman–Crippen LogP) is 2.33. The molecular formula is C11H19N. The molecule has 3 unspecified atom stereocenters. The molecule has 0 radical (unpaired) electrons. The van der Waals surface area contributed by atoms with Gasteiger partial charge in [0.1, 0.15) is 0 Å². The molecule has 0 heterocycles. The van der Waals surface area contributed by atoms with Gasteiger partial charge in [-0.3, -0.25) is 0 Å². The van der Waals surface area contributed by atoms with E-state index in [2.05, 4.69) is 19.9 Å². The summed E-state index contributed by atoms with van der Waals surface area (Å²) >= 11 is 0. The van der Waals surface area contributed by atoms with E-state index < -0.39 is 0 Å². The molecule has 0 aromatic rings. The molecule has 2 aliphatic rings. The molecule has 0 aromatic carbocycles. The van der Waals surface area contributed by atoms with Crippen molar-refractivity contribution in [3.8, 4) is 0 Å². The summed E-state index contributed by atoms with van der Waals surface area (Å²) in [6.07, 6.45) is 6.53. The van der Waals surface area contributed by atoms with Gasteiger partial charge in [0.05, 0.1) is 0 Å². The molecule has 0 aliphatic heterocycles. The molecular weight excluding hydrogens is 146 g/mol. The lowest BCUT2D eigenvalue weighted by Gasteiger charge is -2.17. The third-order valence-electron chi connectivity index (χ3n) is 3.35. The van der Waals surface area contributed by atoms with Gasteiger partial charge in [-0.25, -0.2) is 0 Å². The fraction of sp³-hybridized carbons (Fsp3) is 0.818. The van der Waals surface area contributed by atoms with Crippen LogP contribution in [0.5, 0.6) is 0 Å². The van der Waals surface area contributed by atoms with Crippen LogP contribution in [0.15, 0.2) is 11.6 Å². The number of fused-ring (bicyclic) bond motifs is 1. The normalized spacial score (nSPS) is 40.4. The first kappa shape index (κ1) is 8.31. The van der Waals surface area contributed by atoms with E-state index >= 15 is 0 Å². The second-order valence-electron chi connectivity index (χ2n) is 4.81. The fourth-order valence-electron chi connectivity index (χ4n) is 2.60. The average Bonchev–Trinajstić information content (AvgIpc) is 2.57. The van der Waals surface area contributed by atoms with Crippen LogP contribution in [0.2, 0.25) is 0 Å². The molecule has 2 aliphatic carbocycles. The van der Waals surface area contributed by atoms with Crippen LogP contribution in [-0.2, 0) is 0 Å². The monoisotopic (exact) mass is 165 g/mol. The van der Waals surface area contributed by atoms with E-state index in [1.165, 1.54) is 24.8 Å². The van der Waals surface area contributed by atoms with Crippen molar-refractivity contribution in [2.75, 3.05) is 0 Å². The molecule has 2 rings (SSSR count). The van der Waals surface area contributed by atoms with Crippen molar-refractivity contribution >= 4 is 0 Å². The lowest BCUT2D eigenvalue weighted by atomic mass is 9.94. The Morgan fingerprint density at radius 2 is 1.83 bits per heavy atom. The first-order valence-corrected chi connectivity index (χ1v) is 5.07. The van der Waals surface area contributed by atoms with Gasteiger partial charge >= 0.3 is 0 Å². The first-order valence-electron chi connectivity index (χ1n) is 5.07. The van der Waals surface area contributed by atoms with Crippen LogP contribution in [0, 0.1) is 17.8 Å². The summed E-state index contributed by atoms with van der Waals surface area (Å²) in [6, 6.07) is 0.336. The number of rotatable bonds is 2. The molecule has 0 aromatic heterocycles. The van der Waals surface area contributed by atoms with Crippen LogP contribution in [0.4, 0.5) is 0 Å². The Kier molecular flexibility index (Phi) is 1.99. The lowest BCUT2D eigenvalue weighted by Crippen LogP contribution is -2.27. The highest BCUT2D eigenvalue weighted by Gasteiger charge is 2.46. The summed E-state index contributed by atoms with van der Waals surface area (Å²) in [4.78, 5) is 0. The van der Waals surface area contributed by atoms with Crippen molar-refractivity contribution in [1.82, 2.24) is 0 Å². The standard InChI is InChI=1S/C11H19N/c1-7(2)3-11(12)10-5-8-4-9(8)6-10/h3,8-11H,4-6,12H2,1-2H3. The maximum Gasteiger partial charge on any atom is 0.0255 e. The maximum atomic E-state index is 6.09. The highest BCUT2D eigenvalue weighted by atomic mass is 14.7. The number of allylic oxidation sites excluding steroid dienone is 1. The molecule has 0 saturated heterocycles. The molecule has 1 nitrogen and oxygen atoms in total. The number of nitrogens with two attached hydrogens (primary N) is 1. The largest absolute Gasteiger partial charge is 0.324 e. The van der Waals surface area contributed by atoms with E-state index in [0.717, 1.165) is 17.8 Å². The smallest absolute Gasteiger partial charge is 0.0255 e. The summed E-state index contributed by atoms with van der Waals surface area (Å²) in [5.74, 6) is 2.92. The van der Waals surface area contributed by atoms with E-state index in [-0.39, 0.29) is 0 Å². The van der Waals surface area contributed by atoms with Crippen LogP contribution in [0.1, 0.15) is 33.1 Å². The Morgan fingerprint density at radius 3 is 2.33 bits per heavy atom. The Hall–Kier alpha value is -0.300. The third kappa shape index (κ3) is 1.56. The summed E-state index contributed by atoms with van der Waals surface area (Å²) in [7, 11) is 0. The molecule has 0 amide bonds. The summed E-state index contributed by atoms with van der Waals surface area (Å²) in [5.41, 5.74) is 7.45. The van der Waals surface area contributed by atoms with Crippen LogP contribution in [-0.4, -0.2) is 6.04 Å². The summed E-state index contributed by atoms with van der Waals surface area (Å²) < 4.78 is 0. The second-order valence-corrected chi connectivity index (χ2v) is 4.81. The zero-order valence-electron chi connectivity index (χ0n) is 8.09. The van der Waals surface area contributed by atoms with E-state index in [1.54, 1.807) is 0 Å². The van der Waals surface area contributed by atoms with E-state index in [4.69, 9.17) is 5.73 Å². The van der Waals surface area contributed by atoms with Crippen LogP contribution in [0.25, 0.3) is 0 Å². The van der Waals surface area contributed by atoms with Gasteiger partial charge < -0.3 is 5.73 Å². The average molecular weight is 165 g/mol. The van der Waals surface area contributed by atoms with Crippen molar-refractivity contribution in [2.45, 2.75) is 39.2 Å². The molecule has 1 heteroatoms. The van der Waals surface area contributed by atoms with Crippen LogP contribution < -0.4 is 5.73 Å². The van der Waals surface area contributed by atoms with Gasteiger partial charge in [0.2, 0.25) is 0 Å². The second kappa shape index (κ2) is 2.88. The topological polar surface area (TPSA) is 26.0 Å². The molecule has 3 atom stereocenters. The predicted molar refractivity (Wildman–Crippen MR) is 51.7 cm³/mol. The Bertz CT molecular complexity index is 193. The van der Waals surface area contributed by atoms with Crippen LogP contribution >= 0.6 is 0 Å². The maximum absolute atomic E-state index is 6.09. The van der Waals surface area contributed by atoms with Gasteiger partial charge in [0.15, 0.2) is 0 Å². The van der Waals surface area contributed by atoms with Gasteiger partial charge in [-0.15, -0.1) is 0 Å². The SMILES string of the molecule is CC(C)=CC(N)C1CC2CC2C1. The molecule has 2 fully saturated rings.